The van der Waals surface area contributed by atoms with E-state index in [2.05, 4.69) is 10.5 Å². The maximum Gasteiger partial charge on any atom is 0.330 e. The molecule has 0 fully saturated rings. The largest absolute Gasteiger partial charge is 0.466 e. The number of hydrogen-bond acceptors (Lipinski definition) is 3. The Labute approximate surface area is 128 Å². The van der Waals surface area contributed by atoms with E-state index in [-0.39, 0.29) is 17.2 Å². The molecule has 1 aliphatic rings. The van der Waals surface area contributed by atoms with Gasteiger partial charge in [0.05, 0.1) is 7.11 Å². The van der Waals surface area contributed by atoms with Gasteiger partial charge < -0.3 is 4.74 Å². The minimum atomic E-state index is -0.383. The van der Waals surface area contributed by atoms with E-state index in [1.54, 1.807) is 12.2 Å². The maximum atomic E-state index is 11.6. The summed E-state index contributed by atoms with van der Waals surface area (Å²) in [5.74, 6) is -0.235. The van der Waals surface area contributed by atoms with Gasteiger partial charge in [-0.2, -0.15) is 0 Å². The predicted molar refractivity (Wildman–Crippen MR) is 85.9 cm³/mol. The zero-order chi connectivity index (χ0) is 16.6. The van der Waals surface area contributed by atoms with Crippen LogP contribution in [0.4, 0.5) is 0 Å². The number of ether oxygens (including phenoxy) is 1. The van der Waals surface area contributed by atoms with Crippen molar-refractivity contribution < 1.29 is 14.3 Å². The average molecular weight is 290 g/mol. The zero-order valence-corrected chi connectivity index (χ0v) is 14.2. The second kappa shape index (κ2) is 8.43. The van der Waals surface area contributed by atoms with Crippen LogP contribution in [0.1, 0.15) is 48.0 Å². The Morgan fingerprint density at radius 2 is 1.95 bits per heavy atom. The summed E-state index contributed by atoms with van der Waals surface area (Å²) < 4.78 is 4.56. The van der Waals surface area contributed by atoms with Crippen molar-refractivity contribution in [3.8, 4) is 0 Å². The smallest absolute Gasteiger partial charge is 0.330 e. The molecule has 1 rings (SSSR count). The van der Waals surface area contributed by atoms with Crippen molar-refractivity contribution in [3.63, 3.8) is 0 Å². The molecule has 116 valence electrons. The van der Waals surface area contributed by atoms with Crippen LogP contribution in [0.2, 0.25) is 0 Å². The number of esters is 1. The Hall–Kier alpha value is -1.86. The third-order valence-electron chi connectivity index (χ3n) is 3.06. The predicted octanol–water partition coefficient (Wildman–Crippen LogP) is 4.16. The fourth-order valence-corrected chi connectivity index (χ4v) is 2.20. The van der Waals surface area contributed by atoms with Crippen LogP contribution in [0.25, 0.3) is 0 Å². The lowest BCUT2D eigenvalue weighted by Crippen LogP contribution is -2.23. The topological polar surface area (TPSA) is 43.4 Å². The summed E-state index contributed by atoms with van der Waals surface area (Å²) in [5.41, 5.74) is 5.68. The normalized spacial score (nSPS) is 17.1. The van der Waals surface area contributed by atoms with Crippen LogP contribution in [0.5, 0.6) is 0 Å². The summed E-state index contributed by atoms with van der Waals surface area (Å²) in [6.45, 7) is 11.8. The summed E-state index contributed by atoms with van der Waals surface area (Å²) in [4.78, 5) is 22.7. The molecule has 0 radical (unpaired) electrons. The van der Waals surface area contributed by atoms with E-state index in [1.807, 2.05) is 41.5 Å². The Balaban J connectivity index is 0.00000191. The lowest BCUT2D eigenvalue weighted by atomic mass is 9.73. The molecule has 3 heteroatoms. The van der Waals surface area contributed by atoms with Gasteiger partial charge in [-0.1, -0.05) is 27.7 Å². The van der Waals surface area contributed by atoms with Gasteiger partial charge in [0, 0.05) is 23.5 Å². The summed E-state index contributed by atoms with van der Waals surface area (Å²) in [6, 6.07) is 0. The molecule has 0 saturated heterocycles. The lowest BCUT2D eigenvalue weighted by Gasteiger charge is -2.29. The molecule has 3 nitrogen and oxygen atoms in total. The fourth-order valence-electron chi connectivity index (χ4n) is 2.20. The highest BCUT2D eigenvalue weighted by atomic mass is 16.5. The number of ketones is 1. The van der Waals surface area contributed by atoms with Crippen molar-refractivity contribution >= 4 is 11.8 Å². The molecule has 0 saturated carbocycles. The van der Waals surface area contributed by atoms with Gasteiger partial charge >= 0.3 is 5.97 Å². The highest BCUT2D eigenvalue weighted by molar-refractivity contribution is 5.93. The first-order valence-corrected chi connectivity index (χ1v) is 7.21. The van der Waals surface area contributed by atoms with E-state index < -0.39 is 0 Å². The summed E-state index contributed by atoms with van der Waals surface area (Å²) >= 11 is 0. The second-order valence-electron chi connectivity index (χ2n) is 5.43. The summed E-state index contributed by atoms with van der Waals surface area (Å²) in [7, 11) is 1.34. The Kier molecular flexibility index (Phi) is 7.69. The minimum Gasteiger partial charge on any atom is -0.466 e. The van der Waals surface area contributed by atoms with Crippen LogP contribution >= 0.6 is 0 Å². The van der Waals surface area contributed by atoms with E-state index in [9.17, 15) is 9.59 Å². The molecule has 21 heavy (non-hydrogen) atoms. The summed E-state index contributed by atoms with van der Waals surface area (Å²) in [6.07, 6.45) is 5.30. The first-order chi connectivity index (χ1) is 9.76. The number of allylic oxidation sites excluding steroid dienone is 4. The van der Waals surface area contributed by atoms with Crippen molar-refractivity contribution in [1.82, 2.24) is 0 Å². The fraction of sp³-hybridized carbons (Fsp3) is 0.500. The van der Waals surface area contributed by atoms with E-state index >= 15 is 0 Å². The molecule has 0 spiro atoms. The Bertz CT molecular complexity index is 525. The van der Waals surface area contributed by atoms with E-state index in [1.165, 1.54) is 13.2 Å². The minimum absolute atomic E-state index is 0.148. The molecule has 0 aromatic heterocycles. The van der Waals surface area contributed by atoms with Crippen molar-refractivity contribution in [2.24, 2.45) is 5.41 Å². The monoisotopic (exact) mass is 290 g/mol. The lowest BCUT2D eigenvalue weighted by molar-refractivity contribution is -0.134. The zero-order valence-electron chi connectivity index (χ0n) is 14.2. The molecule has 0 amide bonds. The van der Waals surface area contributed by atoms with E-state index in [0.29, 0.717) is 6.42 Å². The average Bonchev–Trinajstić information content (AvgIpc) is 2.38. The number of carbonyl (C=O) groups excluding carboxylic acids is 2. The molecule has 0 aliphatic heterocycles. The second-order valence-corrected chi connectivity index (χ2v) is 5.43. The number of rotatable bonds is 2. The van der Waals surface area contributed by atoms with Crippen LogP contribution in [0.15, 0.2) is 40.7 Å². The van der Waals surface area contributed by atoms with Gasteiger partial charge in [-0.15, -0.1) is 5.73 Å². The standard InChI is InChI=1S/C16H20O3.C2H6/c1-11(8-15(18)19-5)6-7-14-12(2)9-13(17)10-16(14,3)4;1-2/h6,8-9H,10H2,1-5H3;1-2H3/b11-8+;. The Morgan fingerprint density at radius 1 is 1.38 bits per heavy atom. The van der Waals surface area contributed by atoms with Crippen molar-refractivity contribution in [3.05, 3.63) is 40.7 Å². The number of methoxy groups -OCH3 is 1. The third kappa shape index (κ3) is 5.97. The summed E-state index contributed by atoms with van der Waals surface area (Å²) in [5, 5.41) is 0. The van der Waals surface area contributed by atoms with Crippen molar-refractivity contribution in [2.75, 3.05) is 7.11 Å². The molecule has 1 aliphatic carbocycles. The maximum absolute atomic E-state index is 11.6. The molecular formula is C18H26O3. The molecule has 0 heterocycles. The van der Waals surface area contributed by atoms with Crippen LogP contribution in [0, 0.1) is 5.41 Å². The molecule has 0 unspecified atom stereocenters. The molecule has 0 N–H and O–H groups in total. The highest BCUT2D eigenvalue weighted by Gasteiger charge is 2.30. The number of hydrogen-bond donors (Lipinski definition) is 0. The van der Waals surface area contributed by atoms with Gasteiger partial charge in [0.15, 0.2) is 5.78 Å². The quantitative estimate of drug-likeness (QED) is 0.332. The molecule has 0 bridgehead atoms. The molecule has 0 atom stereocenters. The van der Waals surface area contributed by atoms with Crippen molar-refractivity contribution in [1.29, 1.82) is 0 Å². The van der Waals surface area contributed by atoms with Gasteiger partial charge in [-0.25, -0.2) is 4.79 Å². The first-order valence-electron chi connectivity index (χ1n) is 7.21. The van der Waals surface area contributed by atoms with Gasteiger partial charge in [-0.05, 0) is 37.1 Å². The highest BCUT2D eigenvalue weighted by Crippen LogP contribution is 2.38. The van der Waals surface area contributed by atoms with Crippen LogP contribution in [-0.2, 0) is 14.3 Å². The molecular weight excluding hydrogens is 264 g/mol. The van der Waals surface area contributed by atoms with E-state index in [0.717, 1.165) is 16.7 Å². The van der Waals surface area contributed by atoms with Gasteiger partial charge in [0.25, 0.3) is 0 Å². The van der Waals surface area contributed by atoms with Gasteiger partial charge in [0.1, 0.15) is 0 Å². The van der Waals surface area contributed by atoms with Gasteiger partial charge in [0.2, 0.25) is 0 Å². The van der Waals surface area contributed by atoms with Crippen LogP contribution in [-0.4, -0.2) is 18.9 Å². The molecule has 0 aromatic rings. The SMILES string of the molecule is CC.COC(=O)/C=C(\C)C=C=C1C(C)=CC(=O)CC1(C)C. The van der Waals surface area contributed by atoms with Crippen LogP contribution < -0.4 is 0 Å². The molecule has 0 aromatic carbocycles. The third-order valence-corrected chi connectivity index (χ3v) is 3.06. The first kappa shape index (κ1) is 19.1. The van der Waals surface area contributed by atoms with Crippen LogP contribution in [0.3, 0.4) is 0 Å². The van der Waals surface area contributed by atoms with E-state index in [4.69, 9.17) is 0 Å². The van der Waals surface area contributed by atoms with Crippen molar-refractivity contribution in [2.45, 2.75) is 48.0 Å². The van der Waals surface area contributed by atoms with Gasteiger partial charge in [-0.3, -0.25) is 4.79 Å². The Morgan fingerprint density at radius 3 is 2.43 bits per heavy atom. The number of carbonyl (C=O) groups is 2.